The Balaban J connectivity index is 2.55. The van der Waals surface area contributed by atoms with Crippen LogP contribution < -0.4 is 10.6 Å². The molecule has 1 aromatic carbocycles. The van der Waals surface area contributed by atoms with Gasteiger partial charge >= 0.3 is 18.2 Å². The molecular formula is C14H14BrF3N2O4. The molecule has 2 rings (SSSR count). The number of hydrogen-bond donors (Lipinski definition) is 3. The van der Waals surface area contributed by atoms with Crippen molar-refractivity contribution in [2.24, 2.45) is 5.92 Å². The van der Waals surface area contributed by atoms with E-state index >= 15 is 0 Å². The zero-order valence-electron chi connectivity index (χ0n) is 12.4. The fraction of sp³-hybridized carbons (Fsp3) is 0.429. The standard InChI is InChI=1S/C14H14BrF3N2O4/c1-2-24-11(21)9-10(7-3-5-8(15)6-4-7)19-12(22)20-13(9,23)14(16,17)18/h3-6,9-10,23H,2H2,1H3,(H2,19,20,22)/t9-,10-,13-/m0/s1. The first-order valence-corrected chi connectivity index (χ1v) is 7.69. The molecule has 3 atom stereocenters. The number of carbonyl (C=O) groups excluding carboxylic acids is 2. The van der Waals surface area contributed by atoms with Crippen molar-refractivity contribution < 1.29 is 32.6 Å². The summed E-state index contributed by atoms with van der Waals surface area (Å²) >= 11 is 3.18. The Labute approximate surface area is 143 Å². The first-order chi connectivity index (χ1) is 11.1. The van der Waals surface area contributed by atoms with E-state index in [9.17, 15) is 27.9 Å². The molecule has 0 radical (unpaired) electrons. The fourth-order valence-electron chi connectivity index (χ4n) is 2.48. The average Bonchev–Trinajstić information content (AvgIpc) is 2.46. The van der Waals surface area contributed by atoms with E-state index in [0.29, 0.717) is 4.47 Å². The molecule has 0 unspecified atom stereocenters. The van der Waals surface area contributed by atoms with Gasteiger partial charge in [-0.1, -0.05) is 28.1 Å². The van der Waals surface area contributed by atoms with Crippen LogP contribution in [0.2, 0.25) is 0 Å². The Bertz CT molecular complexity index is 638. The lowest BCUT2D eigenvalue weighted by Gasteiger charge is -2.44. The lowest BCUT2D eigenvalue weighted by molar-refractivity contribution is -0.294. The molecule has 1 saturated heterocycles. The normalized spacial score (nSPS) is 27.2. The van der Waals surface area contributed by atoms with Gasteiger partial charge in [-0.3, -0.25) is 4.79 Å². The Kier molecular flexibility index (Phi) is 5.09. The quantitative estimate of drug-likeness (QED) is 0.666. The van der Waals surface area contributed by atoms with Gasteiger partial charge in [-0.15, -0.1) is 0 Å². The van der Waals surface area contributed by atoms with Crippen LogP contribution in [0.4, 0.5) is 18.0 Å². The lowest BCUT2D eigenvalue weighted by atomic mass is 9.82. The molecule has 24 heavy (non-hydrogen) atoms. The van der Waals surface area contributed by atoms with Crippen LogP contribution in [-0.4, -0.2) is 35.6 Å². The van der Waals surface area contributed by atoms with Crippen LogP contribution in [0.1, 0.15) is 18.5 Å². The van der Waals surface area contributed by atoms with Crippen molar-refractivity contribution in [3.63, 3.8) is 0 Å². The number of urea groups is 1. The van der Waals surface area contributed by atoms with Crippen LogP contribution in [0.5, 0.6) is 0 Å². The molecule has 0 saturated carbocycles. The monoisotopic (exact) mass is 410 g/mol. The first kappa shape index (κ1) is 18.5. The molecule has 0 aromatic heterocycles. The largest absolute Gasteiger partial charge is 0.466 e. The molecule has 132 valence electrons. The zero-order valence-corrected chi connectivity index (χ0v) is 13.9. The summed E-state index contributed by atoms with van der Waals surface area (Å²) in [5.41, 5.74) is -3.53. The predicted octanol–water partition coefficient (Wildman–Crippen LogP) is 2.23. The van der Waals surface area contributed by atoms with Gasteiger partial charge in [0, 0.05) is 4.47 Å². The summed E-state index contributed by atoms with van der Waals surface area (Å²) in [6, 6.07) is 3.28. The number of ether oxygens (including phenoxy) is 1. The Morgan fingerprint density at radius 1 is 1.38 bits per heavy atom. The van der Waals surface area contributed by atoms with Crippen LogP contribution >= 0.6 is 15.9 Å². The second kappa shape index (κ2) is 6.60. The Morgan fingerprint density at radius 2 is 1.96 bits per heavy atom. The van der Waals surface area contributed by atoms with E-state index in [0.717, 1.165) is 0 Å². The zero-order chi connectivity index (χ0) is 18.1. The molecule has 2 amide bonds. The van der Waals surface area contributed by atoms with E-state index in [4.69, 9.17) is 0 Å². The van der Waals surface area contributed by atoms with Gasteiger partial charge < -0.3 is 20.5 Å². The van der Waals surface area contributed by atoms with Crippen molar-refractivity contribution in [1.29, 1.82) is 0 Å². The molecule has 6 nitrogen and oxygen atoms in total. The lowest BCUT2D eigenvalue weighted by Crippen LogP contribution is -2.73. The van der Waals surface area contributed by atoms with Crippen molar-refractivity contribution in [3.8, 4) is 0 Å². The highest BCUT2D eigenvalue weighted by molar-refractivity contribution is 9.10. The minimum Gasteiger partial charge on any atom is -0.466 e. The van der Waals surface area contributed by atoms with Gasteiger partial charge in [0.05, 0.1) is 12.6 Å². The molecule has 1 aliphatic heterocycles. The second-order valence-electron chi connectivity index (χ2n) is 5.12. The number of benzene rings is 1. The number of esters is 1. The van der Waals surface area contributed by atoms with Gasteiger partial charge in [0.2, 0.25) is 0 Å². The molecule has 0 aliphatic carbocycles. The number of alkyl halides is 3. The summed E-state index contributed by atoms with van der Waals surface area (Å²) in [6.07, 6.45) is -5.28. The van der Waals surface area contributed by atoms with Gasteiger partial charge in [-0.2, -0.15) is 13.2 Å². The number of carbonyl (C=O) groups is 2. The highest BCUT2D eigenvalue weighted by Crippen LogP contribution is 2.43. The molecule has 1 heterocycles. The van der Waals surface area contributed by atoms with E-state index in [1.54, 1.807) is 12.1 Å². The third kappa shape index (κ3) is 3.34. The second-order valence-corrected chi connectivity index (χ2v) is 6.04. The molecule has 1 aromatic rings. The van der Waals surface area contributed by atoms with Crippen molar-refractivity contribution >= 4 is 27.9 Å². The summed E-state index contributed by atoms with van der Waals surface area (Å²) in [5, 5.41) is 13.8. The number of rotatable bonds is 3. The topological polar surface area (TPSA) is 87.7 Å². The van der Waals surface area contributed by atoms with Crippen LogP contribution in [0, 0.1) is 5.92 Å². The Morgan fingerprint density at radius 3 is 2.46 bits per heavy atom. The molecule has 1 fully saturated rings. The fourth-order valence-corrected chi connectivity index (χ4v) is 2.75. The summed E-state index contributed by atoms with van der Waals surface area (Å²) < 4.78 is 45.5. The maximum Gasteiger partial charge on any atom is 0.437 e. The molecule has 10 heteroatoms. The summed E-state index contributed by atoms with van der Waals surface area (Å²) in [6.45, 7) is 1.25. The maximum atomic E-state index is 13.4. The van der Waals surface area contributed by atoms with Gasteiger partial charge in [0.1, 0.15) is 5.92 Å². The van der Waals surface area contributed by atoms with Crippen molar-refractivity contribution in [2.45, 2.75) is 24.9 Å². The predicted molar refractivity (Wildman–Crippen MR) is 79.7 cm³/mol. The SMILES string of the molecule is CCOC(=O)[C@@H]1[C@H](c2ccc(Br)cc2)NC(=O)N[C@@]1(O)C(F)(F)F. The average molecular weight is 411 g/mol. The van der Waals surface area contributed by atoms with Gasteiger partial charge in [0.25, 0.3) is 5.72 Å². The Hall–Kier alpha value is -1.81. The van der Waals surface area contributed by atoms with Gasteiger partial charge in [0.15, 0.2) is 0 Å². The van der Waals surface area contributed by atoms with E-state index in [2.05, 4.69) is 26.0 Å². The van der Waals surface area contributed by atoms with Gasteiger partial charge in [-0.05, 0) is 24.6 Å². The molecular weight excluding hydrogens is 397 g/mol. The molecule has 1 aliphatic rings. The third-order valence-corrected chi connectivity index (χ3v) is 4.10. The molecule has 0 bridgehead atoms. The highest BCUT2D eigenvalue weighted by atomic mass is 79.9. The van der Waals surface area contributed by atoms with E-state index in [-0.39, 0.29) is 12.2 Å². The maximum absolute atomic E-state index is 13.4. The van der Waals surface area contributed by atoms with Crippen LogP contribution in [0.15, 0.2) is 28.7 Å². The number of nitrogens with one attached hydrogen (secondary N) is 2. The van der Waals surface area contributed by atoms with Crippen molar-refractivity contribution in [2.75, 3.05) is 6.61 Å². The number of halogens is 4. The minimum absolute atomic E-state index is 0.176. The minimum atomic E-state index is -5.28. The third-order valence-electron chi connectivity index (χ3n) is 3.58. The van der Waals surface area contributed by atoms with E-state index < -0.39 is 35.9 Å². The van der Waals surface area contributed by atoms with Gasteiger partial charge in [-0.25, -0.2) is 4.79 Å². The van der Waals surface area contributed by atoms with Crippen LogP contribution in [-0.2, 0) is 9.53 Å². The molecule has 0 spiro atoms. The number of hydrogen-bond acceptors (Lipinski definition) is 4. The summed E-state index contributed by atoms with van der Waals surface area (Å²) in [4.78, 5) is 23.8. The smallest absolute Gasteiger partial charge is 0.437 e. The first-order valence-electron chi connectivity index (χ1n) is 6.90. The van der Waals surface area contributed by atoms with E-state index in [1.165, 1.54) is 24.4 Å². The number of aliphatic hydroxyl groups is 1. The van der Waals surface area contributed by atoms with Crippen molar-refractivity contribution in [3.05, 3.63) is 34.3 Å². The van der Waals surface area contributed by atoms with Crippen LogP contribution in [0.25, 0.3) is 0 Å². The van der Waals surface area contributed by atoms with Crippen LogP contribution in [0.3, 0.4) is 0 Å². The highest BCUT2D eigenvalue weighted by Gasteiger charge is 2.67. The summed E-state index contributed by atoms with van der Waals surface area (Å²) in [7, 11) is 0. The van der Waals surface area contributed by atoms with Crippen molar-refractivity contribution in [1.82, 2.24) is 10.6 Å². The molecule has 3 N–H and O–H groups in total. The number of amides is 2. The van der Waals surface area contributed by atoms with E-state index in [1.807, 2.05) is 0 Å². The summed E-state index contributed by atoms with van der Waals surface area (Å²) in [5.74, 6) is -3.39.